The molecule has 2 heterocycles. The predicted molar refractivity (Wildman–Crippen MR) is 95.9 cm³/mol. The zero-order chi connectivity index (χ0) is 17.2. The zero-order valence-corrected chi connectivity index (χ0v) is 14.3. The molecule has 0 unspecified atom stereocenters. The molecule has 4 rings (SSSR count). The molecule has 1 atom stereocenters. The van der Waals surface area contributed by atoms with Gasteiger partial charge in [0.15, 0.2) is 0 Å². The third-order valence-electron chi connectivity index (χ3n) is 5.43. The molecule has 0 aliphatic carbocycles. The lowest BCUT2D eigenvalue weighted by molar-refractivity contribution is 0.0548. The highest BCUT2D eigenvalue weighted by atomic mass is 19.1. The second-order valence-corrected chi connectivity index (χ2v) is 7.05. The Hall–Kier alpha value is -2.20. The maximum absolute atomic E-state index is 13.4. The van der Waals surface area contributed by atoms with E-state index in [0.717, 1.165) is 45.4 Å². The highest BCUT2D eigenvalue weighted by Crippen LogP contribution is 2.25. The van der Waals surface area contributed by atoms with Crippen molar-refractivity contribution < 1.29 is 9.18 Å². The van der Waals surface area contributed by atoms with Crippen LogP contribution in [-0.2, 0) is 13.0 Å². The topological polar surface area (TPSA) is 23.6 Å². The summed E-state index contributed by atoms with van der Waals surface area (Å²) < 4.78 is 13.4. The van der Waals surface area contributed by atoms with Gasteiger partial charge in [0.1, 0.15) is 5.82 Å². The van der Waals surface area contributed by atoms with Crippen LogP contribution in [0.5, 0.6) is 0 Å². The monoisotopic (exact) mass is 338 g/mol. The van der Waals surface area contributed by atoms with Crippen LogP contribution in [0.4, 0.5) is 4.39 Å². The van der Waals surface area contributed by atoms with E-state index in [-0.39, 0.29) is 11.7 Å². The molecule has 0 bridgehead atoms. The van der Waals surface area contributed by atoms with Crippen LogP contribution in [0.3, 0.4) is 0 Å². The molecular weight excluding hydrogens is 315 g/mol. The summed E-state index contributed by atoms with van der Waals surface area (Å²) in [5.74, 6) is -0.409. The van der Waals surface area contributed by atoms with Crippen molar-refractivity contribution in [2.45, 2.75) is 31.8 Å². The number of carbonyl (C=O) groups is 1. The highest BCUT2D eigenvalue weighted by molar-refractivity contribution is 5.94. The van der Waals surface area contributed by atoms with Gasteiger partial charge in [0.2, 0.25) is 0 Å². The van der Waals surface area contributed by atoms with Gasteiger partial charge in [-0.3, -0.25) is 9.69 Å². The van der Waals surface area contributed by atoms with Crippen molar-refractivity contribution in [2.75, 3.05) is 19.6 Å². The van der Waals surface area contributed by atoms with E-state index in [2.05, 4.69) is 29.2 Å². The Morgan fingerprint density at radius 1 is 1.04 bits per heavy atom. The van der Waals surface area contributed by atoms with Crippen LogP contribution in [0.2, 0.25) is 0 Å². The number of rotatable bonds is 2. The van der Waals surface area contributed by atoms with Crippen molar-refractivity contribution >= 4 is 5.91 Å². The van der Waals surface area contributed by atoms with Gasteiger partial charge in [-0.15, -0.1) is 0 Å². The number of hydrogen-bond donors (Lipinski definition) is 0. The molecule has 4 heteroatoms. The van der Waals surface area contributed by atoms with Gasteiger partial charge < -0.3 is 4.90 Å². The van der Waals surface area contributed by atoms with E-state index in [1.807, 2.05) is 4.90 Å². The van der Waals surface area contributed by atoms with Gasteiger partial charge in [-0.25, -0.2) is 4.39 Å². The standard InChI is InChI=1S/C21H23FN2O/c22-19-8-3-7-17(13-19)21(25)24-11-4-9-20(15-24)23-12-10-16-5-1-2-6-18(16)14-23/h1-3,5-8,13,20H,4,9-12,14-15H2/t20-/m1/s1. The minimum Gasteiger partial charge on any atom is -0.337 e. The zero-order valence-electron chi connectivity index (χ0n) is 14.3. The van der Waals surface area contributed by atoms with Crippen molar-refractivity contribution in [3.05, 3.63) is 71.0 Å². The lowest BCUT2D eigenvalue weighted by atomic mass is 9.95. The molecule has 2 aliphatic rings. The molecule has 2 aliphatic heterocycles. The fourth-order valence-corrected chi connectivity index (χ4v) is 4.07. The summed E-state index contributed by atoms with van der Waals surface area (Å²) in [7, 11) is 0. The Balaban J connectivity index is 1.46. The van der Waals surface area contributed by atoms with Crippen molar-refractivity contribution in [1.29, 1.82) is 0 Å². The van der Waals surface area contributed by atoms with Crippen molar-refractivity contribution in [3.8, 4) is 0 Å². The van der Waals surface area contributed by atoms with Crippen LogP contribution in [-0.4, -0.2) is 41.4 Å². The summed E-state index contributed by atoms with van der Waals surface area (Å²) >= 11 is 0. The Morgan fingerprint density at radius 2 is 1.88 bits per heavy atom. The van der Waals surface area contributed by atoms with Gasteiger partial charge in [-0.05, 0) is 48.6 Å². The molecule has 2 aromatic carbocycles. The third-order valence-corrected chi connectivity index (χ3v) is 5.43. The van der Waals surface area contributed by atoms with E-state index >= 15 is 0 Å². The second-order valence-electron chi connectivity index (χ2n) is 7.05. The summed E-state index contributed by atoms with van der Waals surface area (Å²) in [6.45, 7) is 3.50. The second kappa shape index (κ2) is 6.96. The lowest BCUT2D eigenvalue weighted by Gasteiger charge is -2.41. The minimum absolute atomic E-state index is 0.0541. The molecule has 1 saturated heterocycles. The number of halogens is 1. The molecule has 0 saturated carbocycles. The average Bonchev–Trinajstić information content (AvgIpc) is 2.67. The van der Waals surface area contributed by atoms with E-state index in [4.69, 9.17) is 0 Å². The molecule has 1 amide bonds. The molecule has 0 aromatic heterocycles. The van der Waals surface area contributed by atoms with Crippen LogP contribution in [0, 0.1) is 5.82 Å². The van der Waals surface area contributed by atoms with Gasteiger partial charge in [-0.2, -0.15) is 0 Å². The maximum Gasteiger partial charge on any atom is 0.254 e. The van der Waals surface area contributed by atoms with Crippen molar-refractivity contribution in [2.24, 2.45) is 0 Å². The molecule has 130 valence electrons. The molecule has 3 nitrogen and oxygen atoms in total. The Morgan fingerprint density at radius 3 is 2.72 bits per heavy atom. The van der Waals surface area contributed by atoms with Gasteiger partial charge in [0.05, 0.1) is 0 Å². The summed E-state index contributed by atoms with van der Waals surface area (Å²) in [6, 6.07) is 15.0. The van der Waals surface area contributed by atoms with Crippen molar-refractivity contribution in [1.82, 2.24) is 9.80 Å². The first-order valence-corrected chi connectivity index (χ1v) is 9.06. The minimum atomic E-state index is -0.355. The normalized spacial score (nSPS) is 21.0. The molecule has 25 heavy (non-hydrogen) atoms. The summed E-state index contributed by atoms with van der Waals surface area (Å²) in [5.41, 5.74) is 3.30. The number of benzene rings is 2. The largest absolute Gasteiger partial charge is 0.337 e. The molecular formula is C21H23FN2O. The summed E-state index contributed by atoms with van der Waals surface area (Å²) in [5, 5.41) is 0. The van der Waals surface area contributed by atoms with E-state index < -0.39 is 0 Å². The van der Waals surface area contributed by atoms with Crippen LogP contribution >= 0.6 is 0 Å². The number of hydrogen-bond acceptors (Lipinski definition) is 2. The van der Waals surface area contributed by atoms with Gasteiger partial charge in [-0.1, -0.05) is 30.3 Å². The smallest absolute Gasteiger partial charge is 0.254 e. The molecule has 0 radical (unpaired) electrons. The predicted octanol–water partition coefficient (Wildman–Crippen LogP) is 3.49. The number of carbonyl (C=O) groups excluding carboxylic acids is 1. The number of likely N-dealkylation sites (tertiary alicyclic amines) is 1. The molecule has 1 fully saturated rings. The number of amides is 1. The number of nitrogens with zero attached hydrogens (tertiary/aromatic N) is 2. The van der Waals surface area contributed by atoms with E-state index in [0.29, 0.717) is 11.6 Å². The van der Waals surface area contributed by atoms with E-state index in [1.165, 1.54) is 23.3 Å². The Bertz CT molecular complexity index is 776. The van der Waals surface area contributed by atoms with Crippen LogP contribution in [0.25, 0.3) is 0 Å². The summed E-state index contributed by atoms with van der Waals surface area (Å²) in [4.78, 5) is 17.1. The third kappa shape index (κ3) is 3.45. The van der Waals surface area contributed by atoms with Gasteiger partial charge >= 0.3 is 0 Å². The van der Waals surface area contributed by atoms with Crippen LogP contribution in [0.15, 0.2) is 48.5 Å². The fourth-order valence-electron chi connectivity index (χ4n) is 4.07. The van der Waals surface area contributed by atoms with Crippen LogP contribution < -0.4 is 0 Å². The first-order chi connectivity index (χ1) is 12.2. The van der Waals surface area contributed by atoms with E-state index in [9.17, 15) is 9.18 Å². The van der Waals surface area contributed by atoms with Gasteiger partial charge in [0.25, 0.3) is 5.91 Å². The first kappa shape index (κ1) is 16.3. The Kier molecular flexibility index (Phi) is 4.53. The molecule has 2 aromatic rings. The fraction of sp³-hybridized carbons (Fsp3) is 0.381. The lowest BCUT2D eigenvalue weighted by Crippen LogP contribution is -2.51. The quantitative estimate of drug-likeness (QED) is 0.837. The maximum atomic E-state index is 13.4. The average molecular weight is 338 g/mol. The molecule has 0 spiro atoms. The number of piperidine rings is 1. The first-order valence-electron chi connectivity index (χ1n) is 9.06. The van der Waals surface area contributed by atoms with Crippen molar-refractivity contribution in [3.63, 3.8) is 0 Å². The Labute approximate surface area is 148 Å². The highest BCUT2D eigenvalue weighted by Gasteiger charge is 2.30. The summed E-state index contributed by atoms with van der Waals surface area (Å²) in [6.07, 6.45) is 3.20. The van der Waals surface area contributed by atoms with Crippen LogP contribution in [0.1, 0.15) is 34.3 Å². The number of fused-ring (bicyclic) bond motifs is 1. The molecule has 0 N–H and O–H groups in total. The SMILES string of the molecule is O=C(c1cccc(F)c1)N1CCC[C@@H](N2CCc3ccccc3C2)C1. The van der Waals surface area contributed by atoms with Gasteiger partial charge in [0, 0.05) is 37.8 Å². The van der Waals surface area contributed by atoms with E-state index in [1.54, 1.807) is 12.1 Å².